The number of nitrogens with two attached hydrogens (primary N) is 2. The number of rotatable bonds is 6. The van der Waals surface area contributed by atoms with Crippen LogP contribution >= 0.6 is 11.6 Å². The van der Waals surface area contributed by atoms with Gasteiger partial charge < -0.3 is 11.5 Å². The number of hydrogen-bond acceptors (Lipinski definition) is 3. The molecule has 0 aliphatic rings. The van der Waals surface area contributed by atoms with E-state index in [1.807, 2.05) is 0 Å². The van der Waals surface area contributed by atoms with Crippen LogP contribution in [-0.2, 0) is 6.54 Å². The summed E-state index contributed by atoms with van der Waals surface area (Å²) in [7, 11) is 0. The highest BCUT2D eigenvalue weighted by Gasteiger charge is 2.07. The van der Waals surface area contributed by atoms with Gasteiger partial charge in [-0.2, -0.15) is 0 Å². The smallest absolute Gasteiger partial charge is 0.124 e. The first kappa shape index (κ1) is 13.4. The zero-order valence-electron chi connectivity index (χ0n) is 9.13. The van der Waals surface area contributed by atoms with Crippen molar-refractivity contribution in [1.82, 2.24) is 4.90 Å². The van der Waals surface area contributed by atoms with E-state index in [2.05, 4.69) is 4.90 Å². The fourth-order valence-corrected chi connectivity index (χ4v) is 1.75. The van der Waals surface area contributed by atoms with E-state index in [1.54, 1.807) is 6.07 Å². The molecule has 4 N–H and O–H groups in total. The molecule has 16 heavy (non-hydrogen) atoms. The highest BCUT2D eigenvalue weighted by molar-refractivity contribution is 6.31. The van der Waals surface area contributed by atoms with Gasteiger partial charge in [0.1, 0.15) is 5.82 Å². The Morgan fingerprint density at radius 2 is 1.81 bits per heavy atom. The second-order valence-electron chi connectivity index (χ2n) is 3.59. The van der Waals surface area contributed by atoms with Gasteiger partial charge in [0.05, 0.1) is 0 Å². The fourth-order valence-electron chi connectivity index (χ4n) is 1.53. The predicted octanol–water partition coefficient (Wildman–Crippen LogP) is 1.20. The normalized spacial score (nSPS) is 11.1. The molecule has 0 bridgehead atoms. The van der Waals surface area contributed by atoms with Crippen molar-refractivity contribution in [1.29, 1.82) is 0 Å². The molecular formula is C11H17ClFN3. The largest absolute Gasteiger partial charge is 0.329 e. The van der Waals surface area contributed by atoms with Crippen molar-refractivity contribution in [2.75, 3.05) is 26.2 Å². The van der Waals surface area contributed by atoms with Crippen molar-refractivity contribution in [3.63, 3.8) is 0 Å². The standard InChI is InChI=1S/C11H17ClFN3/c12-11-7-10(13)2-1-9(11)8-16(5-3-14)6-4-15/h1-2,7H,3-6,8,14-15H2. The van der Waals surface area contributed by atoms with Crippen molar-refractivity contribution in [3.05, 3.63) is 34.6 Å². The lowest BCUT2D eigenvalue weighted by atomic mass is 10.2. The van der Waals surface area contributed by atoms with Crippen molar-refractivity contribution in [2.24, 2.45) is 11.5 Å². The molecule has 1 aromatic rings. The van der Waals surface area contributed by atoms with Crippen molar-refractivity contribution in [2.45, 2.75) is 6.54 Å². The van der Waals surface area contributed by atoms with Crippen LogP contribution in [0.1, 0.15) is 5.56 Å². The number of benzene rings is 1. The SMILES string of the molecule is NCCN(CCN)Cc1ccc(F)cc1Cl. The van der Waals surface area contributed by atoms with Gasteiger partial charge in [0, 0.05) is 37.7 Å². The first-order chi connectivity index (χ1) is 7.67. The molecule has 0 fully saturated rings. The van der Waals surface area contributed by atoms with Gasteiger partial charge in [-0.3, -0.25) is 4.90 Å². The molecule has 0 atom stereocenters. The third-order valence-corrected chi connectivity index (χ3v) is 2.65. The average Bonchev–Trinajstić information content (AvgIpc) is 2.23. The molecular weight excluding hydrogens is 229 g/mol. The molecule has 3 nitrogen and oxygen atoms in total. The minimum atomic E-state index is -0.321. The molecule has 0 heterocycles. The summed E-state index contributed by atoms with van der Waals surface area (Å²) < 4.78 is 12.8. The lowest BCUT2D eigenvalue weighted by Crippen LogP contribution is -2.33. The summed E-state index contributed by atoms with van der Waals surface area (Å²) in [5.74, 6) is -0.321. The molecule has 0 aliphatic heterocycles. The zero-order chi connectivity index (χ0) is 12.0. The Labute approximate surface area is 100 Å². The van der Waals surface area contributed by atoms with Crippen LogP contribution in [-0.4, -0.2) is 31.1 Å². The highest BCUT2D eigenvalue weighted by atomic mass is 35.5. The van der Waals surface area contributed by atoms with Gasteiger partial charge in [0.2, 0.25) is 0 Å². The maximum atomic E-state index is 12.8. The van der Waals surface area contributed by atoms with E-state index in [4.69, 9.17) is 23.1 Å². The van der Waals surface area contributed by atoms with Crippen molar-refractivity contribution < 1.29 is 4.39 Å². The molecule has 0 amide bonds. The molecule has 0 saturated carbocycles. The quantitative estimate of drug-likeness (QED) is 0.792. The summed E-state index contributed by atoms with van der Waals surface area (Å²) in [6, 6.07) is 4.42. The van der Waals surface area contributed by atoms with E-state index in [0.29, 0.717) is 24.7 Å². The van der Waals surface area contributed by atoms with Gasteiger partial charge >= 0.3 is 0 Å². The Balaban J connectivity index is 2.68. The van der Waals surface area contributed by atoms with E-state index >= 15 is 0 Å². The Bertz CT molecular complexity index is 327. The van der Waals surface area contributed by atoms with Crippen LogP contribution < -0.4 is 11.5 Å². The van der Waals surface area contributed by atoms with Gasteiger partial charge in [0.15, 0.2) is 0 Å². The minimum Gasteiger partial charge on any atom is -0.329 e. The molecule has 1 aromatic carbocycles. The second kappa shape index (κ2) is 6.81. The maximum Gasteiger partial charge on any atom is 0.124 e. The molecule has 0 saturated heterocycles. The summed E-state index contributed by atoms with van der Waals surface area (Å²) in [6.07, 6.45) is 0. The summed E-state index contributed by atoms with van der Waals surface area (Å²) in [4.78, 5) is 2.10. The summed E-state index contributed by atoms with van der Waals surface area (Å²) >= 11 is 5.94. The van der Waals surface area contributed by atoms with Crippen LogP contribution in [0.3, 0.4) is 0 Å². The van der Waals surface area contributed by atoms with Crippen molar-refractivity contribution >= 4 is 11.6 Å². The summed E-state index contributed by atoms with van der Waals surface area (Å²) in [5.41, 5.74) is 11.9. The lowest BCUT2D eigenvalue weighted by molar-refractivity contribution is 0.281. The second-order valence-corrected chi connectivity index (χ2v) is 4.00. The van der Waals surface area contributed by atoms with Gasteiger partial charge in [-0.15, -0.1) is 0 Å². The average molecular weight is 246 g/mol. The predicted molar refractivity (Wildman–Crippen MR) is 64.8 cm³/mol. The van der Waals surface area contributed by atoms with Crippen LogP contribution in [0, 0.1) is 5.82 Å². The topological polar surface area (TPSA) is 55.3 Å². The van der Waals surface area contributed by atoms with Crippen LogP contribution in [0.15, 0.2) is 18.2 Å². The Hall–Kier alpha value is -0.680. The molecule has 90 valence electrons. The third-order valence-electron chi connectivity index (χ3n) is 2.30. The molecule has 0 aliphatic carbocycles. The summed E-state index contributed by atoms with van der Waals surface area (Å²) in [5, 5.41) is 0.444. The Morgan fingerprint density at radius 1 is 1.19 bits per heavy atom. The maximum absolute atomic E-state index is 12.8. The van der Waals surface area contributed by atoms with Gasteiger partial charge in [-0.1, -0.05) is 17.7 Å². The minimum absolute atomic E-state index is 0.321. The third kappa shape index (κ3) is 4.06. The van der Waals surface area contributed by atoms with Crippen LogP contribution in [0.2, 0.25) is 5.02 Å². The lowest BCUT2D eigenvalue weighted by Gasteiger charge is -2.21. The number of nitrogens with zero attached hydrogens (tertiary/aromatic N) is 1. The van der Waals surface area contributed by atoms with Gasteiger partial charge in [0.25, 0.3) is 0 Å². The molecule has 5 heteroatoms. The molecule has 0 unspecified atom stereocenters. The first-order valence-electron chi connectivity index (χ1n) is 5.23. The van der Waals surface area contributed by atoms with E-state index in [-0.39, 0.29) is 5.82 Å². The van der Waals surface area contributed by atoms with Crippen LogP contribution in [0.5, 0.6) is 0 Å². The molecule has 0 spiro atoms. The number of hydrogen-bond donors (Lipinski definition) is 2. The first-order valence-corrected chi connectivity index (χ1v) is 5.61. The zero-order valence-corrected chi connectivity index (χ0v) is 9.88. The van der Waals surface area contributed by atoms with E-state index in [1.165, 1.54) is 12.1 Å². The van der Waals surface area contributed by atoms with E-state index in [9.17, 15) is 4.39 Å². The van der Waals surface area contributed by atoms with Gasteiger partial charge in [-0.05, 0) is 17.7 Å². The summed E-state index contributed by atoms with van der Waals surface area (Å²) in [6.45, 7) is 3.29. The molecule has 0 aromatic heterocycles. The molecule has 1 rings (SSSR count). The molecule has 0 radical (unpaired) electrons. The Morgan fingerprint density at radius 3 is 2.31 bits per heavy atom. The highest BCUT2D eigenvalue weighted by Crippen LogP contribution is 2.18. The van der Waals surface area contributed by atoms with E-state index in [0.717, 1.165) is 18.7 Å². The van der Waals surface area contributed by atoms with Gasteiger partial charge in [-0.25, -0.2) is 4.39 Å². The van der Waals surface area contributed by atoms with Crippen molar-refractivity contribution in [3.8, 4) is 0 Å². The fraction of sp³-hybridized carbons (Fsp3) is 0.455. The number of halogens is 2. The van der Waals surface area contributed by atoms with Crippen LogP contribution in [0.4, 0.5) is 4.39 Å². The van der Waals surface area contributed by atoms with E-state index < -0.39 is 0 Å². The monoisotopic (exact) mass is 245 g/mol. The van der Waals surface area contributed by atoms with Crippen LogP contribution in [0.25, 0.3) is 0 Å². The Kier molecular flexibility index (Phi) is 5.69.